The number of amides is 1. The fourth-order valence-corrected chi connectivity index (χ4v) is 0.890. The molecule has 0 saturated heterocycles. The number of rotatable bonds is 3. The zero-order chi connectivity index (χ0) is 8.36. The fraction of sp³-hybridized carbons (Fsp3) is 0.857. The molecule has 10 heavy (non-hydrogen) atoms. The van der Waals surface area contributed by atoms with Gasteiger partial charge in [-0.1, -0.05) is 6.92 Å². The van der Waals surface area contributed by atoms with Gasteiger partial charge in [0.25, 0.3) is 0 Å². The van der Waals surface area contributed by atoms with Crippen LogP contribution in [0.2, 0.25) is 0 Å². The standard InChI is InChI=1S/C7H16N2O/c1-5(6(8)10)4-7(2,3)9/h5H,4,9H2,1-3H3,(H2,8,10). The zero-order valence-electron chi connectivity index (χ0n) is 6.85. The summed E-state index contributed by atoms with van der Waals surface area (Å²) < 4.78 is 0. The Morgan fingerprint density at radius 1 is 1.60 bits per heavy atom. The van der Waals surface area contributed by atoms with Gasteiger partial charge >= 0.3 is 0 Å². The smallest absolute Gasteiger partial charge is 0.220 e. The van der Waals surface area contributed by atoms with E-state index in [1.165, 1.54) is 0 Å². The van der Waals surface area contributed by atoms with E-state index < -0.39 is 0 Å². The summed E-state index contributed by atoms with van der Waals surface area (Å²) in [6.45, 7) is 5.55. The zero-order valence-corrected chi connectivity index (χ0v) is 6.85. The monoisotopic (exact) mass is 144 g/mol. The van der Waals surface area contributed by atoms with Gasteiger partial charge < -0.3 is 11.5 Å². The highest BCUT2D eigenvalue weighted by atomic mass is 16.1. The summed E-state index contributed by atoms with van der Waals surface area (Å²) in [5.74, 6) is -0.404. The molecule has 3 nitrogen and oxygen atoms in total. The average molecular weight is 144 g/mol. The summed E-state index contributed by atoms with van der Waals surface area (Å²) in [6, 6.07) is 0. The molecule has 0 aliphatic carbocycles. The summed E-state index contributed by atoms with van der Waals surface area (Å²) in [5, 5.41) is 0. The quantitative estimate of drug-likeness (QED) is 0.595. The highest BCUT2D eigenvalue weighted by molar-refractivity contribution is 5.76. The molecule has 4 N–H and O–H groups in total. The van der Waals surface area contributed by atoms with Crippen LogP contribution in [0.4, 0.5) is 0 Å². The maximum Gasteiger partial charge on any atom is 0.220 e. The molecule has 0 fully saturated rings. The van der Waals surface area contributed by atoms with Gasteiger partial charge in [0.2, 0.25) is 5.91 Å². The largest absolute Gasteiger partial charge is 0.369 e. The summed E-state index contributed by atoms with van der Waals surface area (Å²) in [6.07, 6.45) is 0.641. The number of carbonyl (C=O) groups excluding carboxylic acids is 1. The highest BCUT2D eigenvalue weighted by Gasteiger charge is 2.18. The Morgan fingerprint density at radius 2 is 2.00 bits per heavy atom. The lowest BCUT2D eigenvalue weighted by atomic mass is 9.92. The maximum atomic E-state index is 10.5. The highest BCUT2D eigenvalue weighted by Crippen LogP contribution is 2.11. The molecular formula is C7H16N2O. The van der Waals surface area contributed by atoms with Gasteiger partial charge in [-0.2, -0.15) is 0 Å². The van der Waals surface area contributed by atoms with Crippen LogP contribution < -0.4 is 11.5 Å². The maximum absolute atomic E-state index is 10.5. The predicted octanol–water partition coefficient (Wildman–Crippen LogP) is 0.235. The van der Waals surface area contributed by atoms with Crippen molar-refractivity contribution >= 4 is 5.91 Å². The van der Waals surface area contributed by atoms with E-state index in [4.69, 9.17) is 11.5 Å². The van der Waals surface area contributed by atoms with Gasteiger partial charge in [0.15, 0.2) is 0 Å². The Hall–Kier alpha value is -0.570. The van der Waals surface area contributed by atoms with E-state index in [0.29, 0.717) is 6.42 Å². The third kappa shape index (κ3) is 4.32. The molecule has 0 radical (unpaired) electrons. The van der Waals surface area contributed by atoms with Crippen molar-refractivity contribution in [1.29, 1.82) is 0 Å². The van der Waals surface area contributed by atoms with Gasteiger partial charge in [-0.15, -0.1) is 0 Å². The molecule has 0 bridgehead atoms. The third-order valence-corrected chi connectivity index (χ3v) is 1.32. The first-order valence-electron chi connectivity index (χ1n) is 3.41. The van der Waals surface area contributed by atoms with E-state index in [-0.39, 0.29) is 17.4 Å². The van der Waals surface area contributed by atoms with Crippen molar-refractivity contribution in [1.82, 2.24) is 0 Å². The molecule has 0 heterocycles. The molecule has 0 saturated carbocycles. The van der Waals surface area contributed by atoms with Gasteiger partial charge in [0, 0.05) is 11.5 Å². The molecule has 3 heteroatoms. The molecule has 60 valence electrons. The molecule has 0 aromatic heterocycles. The van der Waals surface area contributed by atoms with E-state index in [1.807, 2.05) is 13.8 Å². The van der Waals surface area contributed by atoms with Crippen LogP contribution in [0.3, 0.4) is 0 Å². The number of nitrogens with two attached hydrogens (primary N) is 2. The predicted molar refractivity (Wildman–Crippen MR) is 41.2 cm³/mol. The van der Waals surface area contributed by atoms with Crippen molar-refractivity contribution in [3.63, 3.8) is 0 Å². The molecule has 0 aliphatic heterocycles. The minimum Gasteiger partial charge on any atom is -0.369 e. The van der Waals surface area contributed by atoms with Crippen molar-refractivity contribution in [2.75, 3.05) is 0 Å². The number of carbonyl (C=O) groups is 1. The summed E-state index contributed by atoms with van der Waals surface area (Å²) >= 11 is 0. The second-order valence-electron chi connectivity index (χ2n) is 3.50. The molecule has 1 amide bonds. The Morgan fingerprint density at radius 3 is 2.10 bits per heavy atom. The van der Waals surface area contributed by atoms with Crippen LogP contribution in [0, 0.1) is 5.92 Å². The SMILES string of the molecule is CC(CC(C)(C)N)C(N)=O. The van der Waals surface area contributed by atoms with E-state index in [0.717, 1.165) is 0 Å². The first-order valence-corrected chi connectivity index (χ1v) is 3.41. The molecule has 1 unspecified atom stereocenters. The second-order valence-corrected chi connectivity index (χ2v) is 3.50. The molecular weight excluding hydrogens is 128 g/mol. The molecule has 0 rings (SSSR count). The van der Waals surface area contributed by atoms with E-state index in [1.54, 1.807) is 6.92 Å². The van der Waals surface area contributed by atoms with Gasteiger partial charge in [0.1, 0.15) is 0 Å². The van der Waals surface area contributed by atoms with Crippen molar-refractivity contribution in [3.05, 3.63) is 0 Å². The van der Waals surface area contributed by atoms with Gasteiger partial charge in [-0.25, -0.2) is 0 Å². The van der Waals surface area contributed by atoms with Crippen LogP contribution in [0.5, 0.6) is 0 Å². The van der Waals surface area contributed by atoms with Crippen LogP contribution in [-0.2, 0) is 4.79 Å². The lowest BCUT2D eigenvalue weighted by molar-refractivity contribution is -0.121. The van der Waals surface area contributed by atoms with E-state index in [2.05, 4.69) is 0 Å². The van der Waals surface area contributed by atoms with Crippen LogP contribution in [0.15, 0.2) is 0 Å². The Kier molecular flexibility index (Phi) is 2.84. The summed E-state index contributed by atoms with van der Waals surface area (Å²) in [5.41, 5.74) is 10.4. The van der Waals surface area contributed by atoms with Crippen LogP contribution in [0.25, 0.3) is 0 Å². The third-order valence-electron chi connectivity index (χ3n) is 1.32. The Balaban J connectivity index is 3.80. The minimum absolute atomic E-state index is 0.125. The first kappa shape index (κ1) is 9.43. The number of hydrogen-bond donors (Lipinski definition) is 2. The Bertz CT molecular complexity index is 126. The summed E-state index contributed by atoms with van der Waals surface area (Å²) in [7, 11) is 0. The Labute approximate surface area is 61.8 Å². The minimum atomic E-state index is -0.297. The van der Waals surface area contributed by atoms with Crippen LogP contribution in [-0.4, -0.2) is 11.4 Å². The van der Waals surface area contributed by atoms with E-state index in [9.17, 15) is 4.79 Å². The van der Waals surface area contributed by atoms with Crippen molar-refractivity contribution in [3.8, 4) is 0 Å². The fourth-order valence-electron chi connectivity index (χ4n) is 0.890. The van der Waals surface area contributed by atoms with Gasteiger partial charge in [0.05, 0.1) is 0 Å². The molecule has 0 aromatic rings. The van der Waals surface area contributed by atoms with Gasteiger partial charge in [-0.05, 0) is 20.3 Å². The van der Waals surface area contributed by atoms with Crippen molar-refractivity contribution < 1.29 is 4.79 Å². The lowest BCUT2D eigenvalue weighted by Crippen LogP contribution is -2.37. The molecule has 0 aromatic carbocycles. The van der Waals surface area contributed by atoms with Crippen LogP contribution >= 0.6 is 0 Å². The topological polar surface area (TPSA) is 69.1 Å². The van der Waals surface area contributed by atoms with Crippen molar-refractivity contribution in [2.24, 2.45) is 17.4 Å². The lowest BCUT2D eigenvalue weighted by Gasteiger charge is -2.20. The van der Waals surface area contributed by atoms with Crippen LogP contribution in [0.1, 0.15) is 27.2 Å². The number of primary amides is 1. The molecule has 1 atom stereocenters. The average Bonchev–Trinajstić information content (AvgIpc) is 1.60. The van der Waals surface area contributed by atoms with Crippen molar-refractivity contribution in [2.45, 2.75) is 32.7 Å². The normalized spacial score (nSPS) is 14.8. The molecule has 0 aliphatic rings. The molecule has 0 spiro atoms. The number of hydrogen-bond acceptors (Lipinski definition) is 2. The summed E-state index contributed by atoms with van der Waals surface area (Å²) in [4.78, 5) is 10.5. The second kappa shape index (κ2) is 3.01. The van der Waals surface area contributed by atoms with Gasteiger partial charge in [-0.3, -0.25) is 4.79 Å². The van der Waals surface area contributed by atoms with E-state index >= 15 is 0 Å². The first-order chi connectivity index (χ1) is 4.33.